The van der Waals surface area contributed by atoms with Gasteiger partial charge in [0.1, 0.15) is 11.4 Å². The summed E-state index contributed by atoms with van der Waals surface area (Å²) in [5, 5.41) is 2.55. The average molecular weight is 240 g/mol. The van der Waals surface area contributed by atoms with Crippen LogP contribution in [0.25, 0.3) is 0 Å². The molecule has 0 aliphatic carbocycles. The van der Waals surface area contributed by atoms with Gasteiger partial charge in [0.15, 0.2) is 0 Å². The van der Waals surface area contributed by atoms with Crippen LogP contribution in [0.2, 0.25) is 0 Å². The number of rotatable bonds is 2. The number of nitrogens with zero attached hydrogens (tertiary/aromatic N) is 1. The Kier molecular flexibility index (Phi) is 4.18. The zero-order valence-corrected chi connectivity index (χ0v) is 10.5. The molecule has 1 heterocycles. The lowest BCUT2D eigenvalue weighted by Gasteiger charge is -2.19. The summed E-state index contributed by atoms with van der Waals surface area (Å²) >= 11 is 4.12. The first-order chi connectivity index (χ1) is 7.40. The van der Waals surface area contributed by atoms with Gasteiger partial charge in [-0.1, -0.05) is 6.07 Å². The second-order valence-electron chi connectivity index (χ2n) is 4.34. The predicted molar refractivity (Wildman–Crippen MR) is 66.8 cm³/mol. The van der Waals surface area contributed by atoms with Crippen molar-refractivity contribution in [2.75, 3.05) is 5.32 Å². The fraction of sp³-hybridized carbons (Fsp3) is 0.455. The minimum Gasteiger partial charge on any atom is -0.444 e. The van der Waals surface area contributed by atoms with Crippen LogP contribution in [-0.2, 0) is 10.5 Å². The van der Waals surface area contributed by atoms with Crippen LogP contribution in [-0.4, -0.2) is 16.7 Å². The van der Waals surface area contributed by atoms with Crippen LogP contribution in [0.3, 0.4) is 0 Å². The van der Waals surface area contributed by atoms with E-state index in [-0.39, 0.29) is 0 Å². The quantitative estimate of drug-likeness (QED) is 0.781. The zero-order valence-electron chi connectivity index (χ0n) is 9.65. The normalized spacial score (nSPS) is 11.0. The first kappa shape index (κ1) is 12.8. The summed E-state index contributed by atoms with van der Waals surface area (Å²) in [6.07, 6.45) is 1.17. The molecule has 0 saturated carbocycles. The average Bonchev–Trinajstić information content (AvgIpc) is 2.16. The Morgan fingerprint density at radius 3 is 2.62 bits per heavy atom. The van der Waals surface area contributed by atoms with Gasteiger partial charge in [-0.2, -0.15) is 12.6 Å². The molecule has 1 rings (SSSR count). The van der Waals surface area contributed by atoms with Gasteiger partial charge in [-0.25, -0.2) is 9.78 Å². The largest absolute Gasteiger partial charge is 0.444 e. The maximum atomic E-state index is 11.4. The molecule has 0 spiro atoms. The Labute approximate surface area is 101 Å². The standard InChI is InChI=1S/C11H16N2O2S/c1-11(2,3)15-10(14)13-9-5-4-8(7-16)6-12-9/h4-6,16H,7H2,1-3H3,(H,12,13,14). The van der Waals surface area contributed by atoms with E-state index in [4.69, 9.17) is 4.74 Å². The van der Waals surface area contributed by atoms with Gasteiger partial charge < -0.3 is 4.74 Å². The highest BCUT2D eigenvalue weighted by atomic mass is 32.1. The van der Waals surface area contributed by atoms with Crippen LogP contribution in [0.15, 0.2) is 18.3 Å². The number of anilines is 1. The number of amides is 1. The molecule has 0 radical (unpaired) electrons. The third-order valence-corrected chi connectivity index (χ3v) is 2.00. The fourth-order valence-electron chi connectivity index (χ4n) is 1.00. The van der Waals surface area contributed by atoms with Gasteiger partial charge in [-0.15, -0.1) is 0 Å². The van der Waals surface area contributed by atoms with Crippen LogP contribution in [0, 0.1) is 0 Å². The molecule has 0 unspecified atom stereocenters. The Morgan fingerprint density at radius 2 is 2.19 bits per heavy atom. The number of carbonyl (C=O) groups is 1. The van der Waals surface area contributed by atoms with Crippen LogP contribution >= 0.6 is 12.6 Å². The van der Waals surface area contributed by atoms with Gasteiger partial charge in [0.05, 0.1) is 0 Å². The molecule has 4 nitrogen and oxygen atoms in total. The van der Waals surface area contributed by atoms with Gasteiger partial charge in [-0.05, 0) is 32.4 Å². The smallest absolute Gasteiger partial charge is 0.413 e. The fourth-order valence-corrected chi connectivity index (χ4v) is 1.19. The van der Waals surface area contributed by atoms with Crippen molar-refractivity contribution in [3.63, 3.8) is 0 Å². The molecule has 16 heavy (non-hydrogen) atoms. The maximum Gasteiger partial charge on any atom is 0.413 e. The minimum absolute atomic E-state index is 0.472. The van der Waals surface area contributed by atoms with Crippen molar-refractivity contribution in [2.45, 2.75) is 32.1 Å². The molecular weight excluding hydrogens is 224 g/mol. The lowest BCUT2D eigenvalue weighted by Crippen LogP contribution is -2.27. The second kappa shape index (κ2) is 5.21. The highest BCUT2D eigenvalue weighted by Crippen LogP contribution is 2.11. The number of carbonyl (C=O) groups excluding carboxylic acids is 1. The number of thiol groups is 1. The van der Waals surface area contributed by atoms with Crippen molar-refractivity contribution < 1.29 is 9.53 Å². The molecule has 1 N–H and O–H groups in total. The number of nitrogens with one attached hydrogen (secondary N) is 1. The van der Waals surface area contributed by atoms with Gasteiger partial charge in [-0.3, -0.25) is 5.32 Å². The topological polar surface area (TPSA) is 51.2 Å². The molecule has 0 saturated heterocycles. The first-order valence-electron chi connectivity index (χ1n) is 4.96. The summed E-state index contributed by atoms with van der Waals surface area (Å²) in [4.78, 5) is 15.5. The van der Waals surface area contributed by atoms with E-state index in [2.05, 4.69) is 22.9 Å². The number of aromatic nitrogens is 1. The number of hydrogen-bond donors (Lipinski definition) is 2. The Hall–Kier alpha value is -1.23. The van der Waals surface area contributed by atoms with Gasteiger partial charge in [0, 0.05) is 11.9 Å². The summed E-state index contributed by atoms with van der Waals surface area (Å²) in [7, 11) is 0. The van der Waals surface area contributed by atoms with Crippen molar-refractivity contribution in [2.24, 2.45) is 0 Å². The van der Waals surface area contributed by atoms with Crippen molar-refractivity contribution in [3.8, 4) is 0 Å². The summed E-state index contributed by atoms with van der Waals surface area (Å²) < 4.78 is 5.09. The highest BCUT2D eigenvalue weighted by Gasteiger charge is 2.16. The molecule has 88 valence electrons. The van der Waals surface area contributed by atoms with Crippen molar-refractivity contribution in [3.05, 3.63) is 23.9 Å². The summed E-state index contributed by atoms with van der Waals surface area (Å²) in [6, 6.07) is 3.57. The van der Waals surface area contributed by atoms with E-state index in [0.29, 0.717) is 11.6 Å². The van der Waals surface area contributed by atoms with Crippen molar-refractivity contribution in [1.29, 1.82) is 0 Å². The molecule has 0 bridgehead atoms. The molecule has 1 amide bonds. The zero-order chi connectivity index (χ0) is 12.2. The summed E-state index contributed by atoms with van der Waals surface area (Å²) in [5.41, 5.74) is 0.493. The Bertz CT molecular complexity index is 357. The van der Waals surface area contributed by atoms with E-state index in [1.54, 1.807) is 12.3 Å². The van der Waals surface area contributed by atoms with E-state index in [9.17, 15) is 4.79 Å². The number of ether oxygens (including phenoxy) is 1. The molecule has 1 aromatic rings. The summed E-state index contributed by atoms with van der Waals surface area (Å²) in [5.74, 6) is 1.10. The highest BCUT2D eigenvalue weighted by molar-refractivity contribution is 7.79. The van der Waals surface area contributed by atoms with E-state index < -0.39 is 11.7 Å². The molecular formula is C11H16N2O2S. The lowest BCUT2D eigenvalue weighted by atomic mass is 10.2. The van der Waals surface area contributed by atoms with Crippen molar-refractivity contribution >= 4 is 24.5 Å². The Balaban J connectivity index is 2.56. The van der Waals surface area contributed by atoms with Crippen molar-refractivity contribution in [1.82, 2.24) is 4.98 Å². The van der Waals surface area contributed by atoms with Gasteiger partial charge in [0.2, 0.25) is 0 Å². The van der Waals surface area contributed by atoms with Crippen LogP contribution in [0.5, 0.6) is 0 Å². The third-order valence-electron chi connectivity index (χ3n) is 1.64. The van der Waals surface area contributed by atoms with Gasteiger partial charge >= 0.3 is 6.09 Å². The predicted octanol–water partition coefficient (Wildman–Crippen LogP) is 2.86. The van der Waals surface area contributed by atoms with Crippen LogP contribution < -0.4 is 5.32 Å². The lowest BCUT2D eigenvalue weighted by molar-refractivity contribution is 0.0635. The van der Waals surface area contributed by atoms with Crippen LogP contribution in [0.4, 0.5) is 10.6 Å². The second-order valence-corrected chi connectivity index (χ2v) is 4.65. The SMILES string of the molecule is CC(C)(C)OC(=O)Nc1ccc(CS)cn1. The van der Waals surface area contributed by atoms with E-state index >= 15 is 0 Å². The molecule has 0 atom stereocenters. The molecule has 0 fully saturated rings. The molecule has 0 aliphatic heterocycles. The number of hydrogen-bond acceptors (Lipinski definition) is 4. The molecule has 0 aliphatic rings. The summed E-state index contributed by atoms with van der Waals surface area (Å²) in [6.45, 7) is 5.43. The molecule has 0 aromatic carbocycles. The minimum atomic E-state index is -0.505. The van der Waals surface area contributed by atoms with Gasteiger partial charge in [0.25, 0.3) is 0 Å². The monoisotopic (exact) mass is 240 g/mol. The Morgan fingerprint density at radius 1 is 1.50 bits per heavy atom. The third kappa shape index (κ3) is 4.53. The molecule has 1 aromatic heterocycles. The maximum absolute atomic E-state index is 11.4. The van der Waals surface area contributed by atoms with Crippen LogP contribution in [0.1, 0.15) is 26.3 Å². The van der Waals surface area contributed by atoms with E-state index in [1.807, 2.05) is 26.8 Å². The first-order valence-corrected chi connectivity index (χ1v) is 5.60. The van der Waals surface area contributed by atoms with E-state index in [1.165, 1.54) is 0 Å². The molecule has 5 heteroatoms. The number of pyridine rings is 1. The van der Waals surface area contributed by atoms with E-state index in [0.717, 1.165) is 5.56 Å².